The monoisotopic (exact) mass is 208 g/mol. The maximum absolute atomic E-state index is 12.0. The Balaban J connectivity index is 2.17. The van der Waals surface area contributed by atoms with Gasteiger partial charge in [0, 0.05) is 20.0 Å². The molecule has 82 valence electrons. The third-order valence-corrected chi connectivity index (χ3v) is 2.81. The molecule has 0 N–H and O–H groups in total. The van der Waals surface area contributed by atoms with E-state index in [0.717, 1.165) is 19.5 Å². The Morgan fingerprint density at radius 3 is 2.73 bits per heavy atom. The van der Waals surface area contributed by atoms with E-state index in [1.807, 2.05) is 11.8 Å². The van der Waals surface area contributed by atoms with Crippen LogP contribution >= 0.6 is 0 Å². The number of likely N-dealkylation sites (tertiary alicyclic amines) is 1. The van der Waals surface area contributed by atoms with Crippen LogP contribution in [0.15, 0.2) is 4.42 Å². The van der Waals surface area contributed by atoms with Gasteiger partial charge in [0.15, 0.2) is 5.89 Å². The fraction of sp³-hybridized carbons (Fsp3) is 0.636. The standard InChI is InChI=1S/C11H16N2O2/c1-7-4-5-13(6-7)11(14)10-8(2)12-9(3)15-10/h7H,4-6H2,1-3H3. The first-order valence-corrected chi connectivity index (χ1v) is 5.31. The summed E-state index contributed by atoms with van der Waals surface area (Å²) in [5.41, 5.74) is 0.692. The highest BCUT2D eigenvalue weighted by Crippen LogP contribution is 2.19. The molecule has 0 saturated carbocycles. The molecule has 4 nitrogen and oxygen atoms in total. The molecule has 1 atom stereocenters. The van der Waals surface area contributed by atoms with Crippen LogP contribution in [-0.2, 0) is 0 Å². The van der Waals surface area contributed by atoms with Crippen LogP contribution in [0.4, 0.5) is 0 Å². The summed E-state index contributed by atoms with van der Waals surface area (Å²) >= 11 is 0. The van der Waals surface area contributed by atoms with Crippen molar-refractivity contribution in [3.8, 4) is 0 Å². The predicted molar refractivity (Wildman–Crippen MR) is 55.7 cm³/mol. The van der Waals surface area contributed by atoms with Crippen molar-refractivity contribution in [2.75, 3.05) is 13.1 Å². The summed E-state index contributed by atoms with van der Waals surface area (Å²) in [6.45, 7) is 7.39. The number of amides is 1. The van der Waals surface area contributed by atoms with E-state index in [4.69, 9.17) is 4.42 Å². The van der Waals surface area contributed by atoms with E-state index in [-0.39, 0.29) is 5.91 Å². The van der Waals surface area contributed by atoms with Crippen molar-refractivity contribution in [2.45, 2.75) is 27.2 Å². The van der Waals surface area contributed by atoms with Crippen LogP contribution in [0.5, 0.6) is 0 Å². The van der Waals surface area contributed by atoms with E-state index in [1.165, 1.54) is 0 Å². The van der Waals surface area contributed by atoms with Crippen LogP contribution < -0.4 is 0 Å². The highest BCUT2D eigenvalue weighted by atomic mass is 16.4. The van der Waals surface area contributed by atoms with E-state index in [2.05, 4.69) is 11.9 Å². The summed E-state index contributed by atoms with van der Waals surface area (Å²) < 4.78 is 5.32. The van der Waals surface area contributed by atoms with Crippen molar-refractivity contribution in [2.24, 2.45) is 5.92 Å². The molecule has 1 aromatic heterocycles. The lowest BCUT2D eigenvalue weighted by Crippen LogP contribution is -2.28. The SMILES string of the molecule is Cc1nc(C)c(C(=O)N2CCC(C)C2)o1. The Labute approximate surface area is 89.3 Å². The molecule has 0 spiro atoms. The second-order valence-corrected chi connectivity index (χ2v) is 4.29. The summed E-state index contributed by atoms with van der Waals surface area (Å²) in [5.74, 6) is 1.54. The van der Waals surface area contributed by atoms with Gasteiger partial charge in [-0.15, -0.1) is 0 Å². The minimum atomic E-state index is -0.0162. The quantitative estimate of drug-likeness (QED) is 0.706. The molecular weight excluding hydrogens is 192 g/mol. The number of carbonyl (C=O) groups is 1. The molecule has 1 aromatic rings. The number of rotatable bonds is 1. The number of carbonyl (C=O) groups excluding carboxylic acids is 1. The highest BCUT2D eigenvalue weighted by molar-refractivity contribution is 5.92. The maximum Gasteiger partial charge on any atom is 0.291 e. The zero-order valence-electron chi connectivity index (χ0n) is 9.41. The Bertz CT molecular complexity index is 384. The summed E-state index contributed by atoms with van der Waals surface area (Å²) in [5, 5.41) is 0. The van der Waals surface area contributed by atoms with Crippen LogP contribution in [0.25, 0.3) is 0 Å². The molecule has 0 aromatic carbocycles. The van der Waals surface area contributed by atoms with Gasteiger partial charge in [-0.05, 0) is 19.3 Å². The molecule has 15 heavy (non-hydrogen) atoms. The van der Waals surface area contributed by atoms with Gasteiger partial charge in [-0.3, -0.25) is 4.79 Å². The Kier molecular flexibility index (Phi) is 2.50. The lowest BCUT2D eigenvalue weighted by atomic mass is 10.2. The van der Waals surface area contributed by atoms with Gasteiger partial charge < -0.3 is 9.32 Å². The van der Waals surface area contributed by atoms with Gasteiger partial charge in [0.25, 0.3) is 5.91 Å². The number of aromatic nitrogens is 1. The Hall–Kier alpha value is -1.32. The van der Waals surface area contributed by atoms with E-state index in [9.17, 15) is 4.79 Å². The van der Waals surface area contributed by atoms with Gasteiger partial charge in [0.1, 0.15) is 0 Å². The molecule has 0 bridgehead atoms. The summed E-state index contributed by atoms with van der Waals surface area (Å²) in [7, 11) is 0. The first-order valence-electron chi connectivity index (χ1n) is 5.31. The fourth-order valence-corrected chi connectivity index (χ4v) is 1.99. The summed E-state index contributed by atoms with van der Waals surface area (Å²) in [4.78, 5) is 18.0. The van der Waals surface area contributed by atoms with E-state index in [0.29, 0.717) is 23.3 Å². The molecule has 1 amide bonds. The van der Waals surface area contributed by atoms with Gasteiger partial charge in [-0.1, -0.05) is 6.92 Å². The van der Waals surface area contributed by atoms with Gasteiger partial charge in [-0.2, -0.15) is 0 Å². The van der Waals surface area contributed by atoms with Crippen LogP contribution in [0.2, 0.25) is 0 Å². The number of nitrogens with zero attached hydrogens (tertiary/aromatic N) is 2. The van der Waals surface area contributed by atoms with Crippen molar-refractivity contribution in [1.29, 1.82) is 0 Å². The minimum absolute atomic E-state index is 0.0162. The molecule has 1 aliphatic heterocycles. The van der Waals surface area contributed by atoms with Crippen molar-refractivity contribution in [3.63, 3.8) is 0 Å². The van der Waals surface area contributed by atoms with Crippen LogP contribution in [0.1, 0.15) is 35.5 Å². The van der Waals surface area contributed by atoms with Crippen molar-refractivity contribution < 1.29 is 9.21 Å². The maximum atomic E-state index is 12.0. The number of hydrogen-bond donors (Lipinski definition) is 0. The van der Waals surface area contributed by atoms with Gasteiger partial charge in [0.05, 0.1) is 5.69 Å². The average Bonchev–Trinajstić information content (AvgIpc) is 2.71. The molecule has 2 rings (SSSR count). The van der Waals surface area contributed by atoms with E-state index >= 15 is 0 Å². The lowest BCUT2D eigenvalue weighted by Gasteiger charge is -2.13. The predicted octanol–water partition coefficient (Wildman–Crippen LogP) is 1.77. The number of aryl methyl sites for hydroxylation is 2. The van der Waals surface area contributed by atoms with E-state index in [1.54, 1.807) is 6.92 Å². The first-order chi connectivity index (χ1) is 7.08. The second kappa shape index (κ2) is 3.68. The molecule has 1 aliphatic rings. The van der Waals surface area contributed by atoms with Crippen LogP contribution in [0.3, 0.4) is 0 Å². The smallest absolute Gasteiger partial charge is 0.291 e. The summed E-state index contributed by atoms with van der Waals surface area (Å²) in [6, 6.07) is 0. The molecule has 2 heterocycles. The fourth-order valence-electron chi connectivity index (χ4n) is 1.99. The normalized spacial score (nSPS) is 21.0. The van der Waals surface area contributed by atoms with Crippen molar-refractivity contribution in [3.05, 3.63) is 17.3 Å². The second-order valence-electron chi connectivity index (χ2n) is 4.29. The molecule has 1 unspecified atom stereocenters. The molecule has 4 heteroatoms. The molecule has 1 fully saturated rings. The first kappa shape index (κ1) is 10.2. The van der Waals surface area contributed by atoms with Crippen molar-refractivity contribution >= 4 is 5.91 Å². The molecular formula is C11H16N2O2. The van der Waals surface area contributed by atoms with Crippen LogP contribution in [-0.4, -0.2) is 28.9 Å². The Morgan fingerprint density at radius 2 is 2.27 bits per heavy atom. The van der Waals surface area contributed by atoms with E-state index < -0.39 is 0 Å². The molecule has 0 aliphatic carbocycles. The highest BCUT2D eigenvalue weighted by Gasteiger charge is 2.27. The number of hydrogen-bond acceptors (Lipinski definition) is 3. The molecule has 0 radical (unpaired) electrons. The topological polar surface area (TPSA) is 46.3 Å². The molecule has 1 saturated heterocycles. The van der Waals surface area contributed by atoms with Crippen molar-refractivity contribution in [1.82, 2.24) is 9.88 Å². The zero-order valence-corrected chi connectivity index (χ0v) is 9.41. The minimum Gasteiger partial charge on any atom is -0.436 e. The summed E-state index contributed by atoms with van der Waals surface area (Å²) in [6.07, 6.45) is 1.08. The lowest BCUT2D eigenvalue weighted by molar-refractivity contribution is 0.0754. The van der Waals surface area contributed by atoms with Gasteiger partial charge in [-0.25, -0.2) is 4.98 Å². The van der Waals surface area contributed by atoms with Gasteiger partial charge in [0.2, 0.25) is 5.76 Å². The van der Waals surface area contributed by atoms with Crippen LogP contribution in [0, 0.1) is 19.8 Å². The average molecular weight is 208 g/mol. The number of oxazole rings is 1. The largest absolute Gasteiger partial charge is 0.436 e. The third kappa shape index (κ3) is 1.89. The zero-order chi connectivity index (χ0) is 11.0. The van der Waals surface area contributed by atoms with Gasteiger partial charge >= 0.3 is 0 Å². The Morgan fingerprint density at radius 1 is 1.53 bits per heavy atom. The third-order valence-electron chi connectivity index (χ3n) is 2.81.